The molecule has 5 nitrogen and oxygen atoms in total. The van der Waals surface area contributed by atoms with E-state index >= 15 is 0 Å². The Morgan fingerprint density at radius 2 is 2.06 bits per heavy atom. The van der Waals surface area contributed by atoms with Crippen molar-refractivity contribution in [2.45, 2.75) is 13.1 Å². The summed E-state index contributed by atoms with van der Waals surface area (Å²) in [6, 6.07) is 0.875. The zero-order chi connectivity index (χ0) is 13.8. The Morgan fingerprint density at radius 1 is 1.39 bits per heavy atom. The van der Waals surface area contributed by atoms with Gasteiger partial charge < -0.3 is 15.3 Å². The minimum atomic E-state index is -4.53. The van der Waals surface area contributed by atoms with Crippen LogP contribution in [0.25, 0.3) is 0 Å². The Balaban J connectivity index is 3.18. The summed E-state index contributed by atoms with van der Waals surface area (Å²) in [7, 11) is 1.45. The fourth-order valence-electron chi connectivity index (χ4n) is 1.41. The van der Waals surface area contributed by atoms with Crippen LogP contribution >= 0.6 is 0 Å². The van der Waals surface area contributed by atoms with E-state index in [0.29, 0.717) is 6.54 Å². The highest BCUT2D eigenvalue weighted by Crippen LogP contribution is 2.30. The van der Waals surface area contributed by atoms with Crippen LogP contribution in [0.2, 0.25) is 0 Å². The fraction of sp³-hybridized carbons (Fsp3) is 0.600. The first-order valence-electron chi connectivity index (χ1n) is 5.42. The molecule has 102 valence electrons. The van der Waals surface area contributed by atoms with E-state index in [0.717, 1.165) is 6.07 Å². The highest BCUT2D eigenvalue weighted by molar-refractivity contribution is 5.45. The third kappa shape index (κ3) is 3.46. The summed E-state index contributed by atoms with van der Waals surface area (Å²) in [6.45, 7) is 2.27. The number of alkyl halides is 3. The van der Waals surface area contributed by atoms with E-state index in [-0.39, 0.29) is 24.9 Å². The molecule has 0 saturated carbocycles. The van der Waals surface area contributed by atoms with Crippen molar-refractivity contribution in [3.63, 3.8) is 0 Å². The summed E-state index contributed by atoms with van der Waals surface area (Å²) in [5.41, 5.74) is -1.01. The van der Waals surface area contributed by atoms with Gasteiger partial charge in [0.25, 0.3) is 0 Å². The molecule has 0 saturated heterocycles. The maximum Gasteiger partial charge on any atom is 0.433 e. The molecule has 2 N–H and O–H groups in total. The lowest BCUT2D eigenvalue weighted by molar-refractivity contribution is -0.141. The first-order chi connectivity index (χ1) is 8.42. The Bertz CT molecular complexity index is 397. The third-order valence-corrected chi connectivity index (χ3v) is 2.30. The number of likely N-dealkylation sites (N-methyl/N-ethyl adjacent to an activating group) is 1. The second-order valence-corrected chi connectivity index (χ2v) is 3.49. The molecule has 0 aliphatic rings. The predicted molar refractivity (Wildman–Crippen MR) is 61.6 cm³/mol. The SMILES string of the molecule is CCN(CCO)c1cc(C(F)(F)F)nc(NC)n1. The molecule has 1 aromatic heterocycles. The number of hydrogen-bond acceptors (Lipinski definition) is 5. The predicted octanol–water partition coefficient (Wildman–Crippen LogP) is 1.36. The van der Waals surface area contributed by atoms with Gasteiger partial charge in [0.1, 0.15) is 5.82 Å². The van der Waals surface area contributed by atoms with E-state index in [2.05, 4.69) is 15.3 Å². The smallest absolute Gasteiger partial charge is 0.395 e. The molecule has 1 rings (SSSR count). The normalized spacial score (nSPS) is 11.4. The van der Waals surface area contributed by atoms with Crippen LogP contribution in [0.5, 0.6) is 0 Å². The summed E-state index contributed by atoms with van der Waals surface area (Å²) in [5, 5.41) is 11.4. The minimum Gasteiger partial charge on any atom is -0.395 e. The van der Waals surface area contributed by atoms with E-state index in [4.69, 9.17) is 5.11 Å². The summed E-state index contributed by atoms with van der Waals surface area (Å²) < 4.78 is 38.0. The molecule has 0 atom stereocenters. The number of rotatable bonds is 5. The second kappa shape index (κ2) is 5.85. The van der Waals surface area contributed by atoms with Gasteiger partial charge in [-0.2, -0.15) is 18.2 Å². The van der Waals surface area contributed by atoms with Crippen molar-refractivity contribution >= 4 is 11.8 Å². The van der Waals surface area contributed by atoms with Gasteiger partial charge in [0.05, 0.1) is 6.61 Å². The van der Waals surface area contributed by atoms with E-state index < -0.39 is 11.9 Å². The van der Waals surface area contributed by atoms with Crippen LogP contribution in [-0.2, 0) is 6.18 Å². The molecule has 0 aliphatic carbocycles. The molecule has 18 heavy (non-hydrogen) atoms. The monoisotopic (exact) mass is 264 g/mol. The number of aliphatic hydroxyl groups excluding tert-OH is 1. The number of hydrogen-bond donors (Lipinski definition) is 2. The molecule has 0 spiro atoms. The van der Waals surface area contributed by atoms with Gasteiger partial charge in [-0.15, -0.1) is 0 Å². The van der Waals surface area contributed by atoms with Gasteiger partial charge in [0, 0.05) is 26.2 Å². The number of nitrogens with one attached hydrogen (secondary N) is 1. The molecule has 1 aromatic rings. The summed E-state index contributed by atoms with van der Waals surface area (Å²) >= 11 is 0. The molecular formula is C10H15F3N4O. The van der Waals surface area contributed by atoms with Crippen LogP contribution in [0.15, 0.2) is 6.07 Å². The Hall–Kier alpha value is -1.57. The molecule has 0 aromatic carbocycles. The quantitative estimate of drug-likeness (QED) is 0.840. The van der Waals surface area contributed by atoms with Crippen LogP contribution in [0.4, 0.5) is 24.9 Å². The maximum atomic E-state index is 12.7. The van der Waals surface area contributed by atoms with Crippen molar-refractivity contribution in [1.29, 1.82) is 0 Å². The summed E-state index contributed by atoms with van der Waals surface area (Å²) in [6.07, 6.45) is -4.53. The topological polar surface area (TPSA) is 61.3 Å². The number of aromatic nitrogens is 2. The zero-order valence-corrected chi connectivity index (χ0v) is 10.1. The fourth-order valence-corrected chi connectivity index (χ4v) is 1.41. The van der Waals surface area contributed by atoms with Crippen molar-refractivity contribution < 1.29 is 18.3 Å². The summed E-state index contributed by atoms with van der Waals surface area (Å²) in [5.74, 6) is 0.0365. The molecule has 0 bridgehead atoms. The molecule has 1 heterocycles. The number of aliphatic hydroxyl groups is 1. The van der Waals surface area contributed by atoms with Crippen molar-refractivity contribution in [2.24, 2.45) is 0 Å². The van der Waals surface area contributed by atoms with Crippen molar-refractivity contribution in [2.75, 3.05) is 37.0 Å². The Morgan fingerprint density at radius 3 is 2.50 bits per heavy atom. The van der Waals surface area contributed by atoms with Gasteiger partial charge >= 0.3 is 6.18 Å². The van der Waals surface area contributed by atoms with Crippen LogP contribution < -0.4 is 10.2 Å². The zero-order valence-electron chi connectivity index (χ0n) is 10.1. The lowest BCUT2D eigenvalue weighted by Crippen LogP contribution is -2.28. The number of anilines is 2. The van der Waals surface area contributed by atoms with Crippen molar-refractivity contribution in [1.82, 2.24) is 9.97 Å². The Labute approximate surface area is 103 Å². The van der Waals surface area contributed by atoms with Gasteiger partial charge in [0.2, 0.25) is 5.95 Å². The number of nitrogens with zero attached hydrogens (tertiary/aromatic N) is 3. The van der Waals surface area contributed by atoms with Gasteiger partial charge in [-0.05, 0) is 6.92 Å². The molecule has 8 heteroatoms. The second-order valence-electron chi connectivity index (χ2n) is 3.49. The average Bonchev–Trinajstić information content (AvgIpc) is 2.34. The van der Waals surface area contributed by atoms with Crippen LogP contribution in [0, 0.1) is 0 Å². The minimum absolute atomic E-state index is 0.101. The molecule has 0 amide bonds. The molecule has 0 unspecified atom stereocenters. The van der Waals surface area contributed by atoms with E-state index in [1.807, 2.05) is 0 Å². The van der Waals surface area contributed by atoms with Gasteiger partial charge in [0.15, 0.2) is 5.69 Å². The molecule has 0 fully saturated rings. The summed E-state index contributed by atoms with van der Waals surface area (Å²) in [4.78, 5) is 8.85. The van der Waals surface area contributed by atoms with E-state index in [1.54, 1.807) is 6.92 Å². The maximum absolute atomic E-state index is 12.7. The highest BCUT2D eigenvalue weighted by atomic mass is 19.4. The van der Waals surface area contributed by atoms with Crippen LogP contribution in [0.1, 0.15) is 12.6 Å². The lowest BCUT2D eigenvalue weighted by Gasteiger charge is -2.22. The van der Waals surface area contributed by atoms with Gasteiger partial charge in [-0.1, -0.05) is 0 Å². The first kappa shape index (κ1) is 14.5. The molecule has 0 radical (unpaired) electrons. The first-order valence-corrected chi connectivity index (χ1v) is 5.42. The van der Waals surface area contributed by atoms with Gasteiger partial charge in [-0.3, -0.25) is 0 Å². The third-order valence-electron chi connectivity index (χ3n) is 2.30. The highest BCUT2D eigenvalue weighted by Gasteiger charge is 2.34. The standard InChI is InChI=1S/C10H15F3N4O/c1-3-17(4-5-18)8-6-7(10(11,12)13)15-9(14-2)16-8/h6,18H,3-5H2,1-2H3,(H,14,15,16). The van der Waals surface area contributed by atoms with Crippen LogP contribution in [-0.4, -0.2) is 41.8 Å². The molecular weight excluding hydrogens is 249 g/mol. The van der Waals surface area contributed by atoms with Crippen LogP contribution in [0.3, 0.4) is 0 Å². The van der Waals surface area contributed by atoms with Gasteiger partial charge in [-0.25, -0.2) is 4.98 Å². The van der Waals surface area contributed by atoms with Crippen molar-refractivity contribution in [3.8, 4) is 0 Å². The lowest BCUT2D eigenvalue weighted by atomic mass is 10.3. The average molecular weight is 264 g/mol. The number of halogens is 3. The van der Waals surface area contributed by atoms with E-state index in [9.17, 15) is 13.2 Å². The largest absolute Gasteiger partial charge is 0.433 e. The Kier molecular flexibility index (Phi) is 4.71. The molecule has 0 aliphatic heterocycles. The van der Waals surface area contributed by atoms with Crippen molar-refractivity contribution in [3.05, 3.63) is 11.8 Å². The van der Waals surface area contributed by atoms with E-state index in [1.165, 1.54) is 11.9 Å².